The van der Waals surface area contributed by atoms with Gasteiger partial charge >= 0.3 is 0 Å². The average Bonchev–Trinajstić information content (AvgIpc) is 3.71. The Hall–Kier alpha value is -6.50. The molecule has 0 saturated carbocycles. The van der Waals surface area contributed by atoms with Gasteiger partial charge in [-0.3, -0.25) is 0 Å². The fraction of sp³-hybridized carbons (Fsp3) is 0.0385. The van der Waals surface area contributed by atoms with Gasteiger partial charge in [-0.2, -0.15) is 0 Å². The summed E-state index contributed by atoms with van der Waals surface area (Å²) in [5.74, 6) is 0.347. The number of hydrogen-bond acceptors (Lipinski definition) is 0. The van der Waals surface area contributed by atoms with Gasteiger partial charge in [0.05, 0.1) is 0 Å². The predicted molar refractivity (Wildman–Crippen MR) is 218 cm³/mol. The molecule has 0 nitrogen and oxygen atoms in total. The summed E-state index contributed by atoms with van der Waals surface area (Å²) in [6.07, 6.45) is 0. The first-order valence-electron chi connectivity index (χ1n) is 18.3. The summed E-state index contributed by atoms with van der Waals surface area (Å²) in [7, 11) is 0. The van der Waals surface area contributed by atoms with E-state index in [1.807, 2.05) is 0 Å². The van der Waals surface area contributed by atoms with Crippen LogP contribution in [0, 0.1) is 0 Å². The molecule has 0 fully saturated rings. The van der Waals surface area contributed by atoms with E-state index in [4.69, 9.17) is 0 Å². The Morgan fingerprint density at radius 2 is 0.827 bits per heavy atom. The molecule has 0 aliphatic heterocycles. The number of fused-ring (bicyclic) bond motifs is 8. The Labute approximate surface area is 304 Å². The van der Waals surface area contributed by atoms with Crippen molar-refractivity contribution in [1.29, 1.82) is 0 Å². The molecule has 0 heteroatoms. The van der Waals surface area contributed by atoms with Gasteiger partial charge in [0.25, 0.3) is 0 Å². The summed E-state index contributed by atoms with van der Waals surface area (Å²) in [5, 5.41) is 5.14. The van der Waals surface area contributed by atoms with Crippen LogP contribution in [0.3, 0.4) is 0 Å². The molecule has 2 atom stereocenters. The average molecular weight is 659 g/mol. The Balaban J connectivity index is 1.13. The third kappa shape index (κ3) is 4.34. The van der Waals surface area contributed by atoms with Crippen LogP contribution in [0.5, 0.6) is 0 Å². The first-order chi connectivity index (χ1) is 25.8. The third-order valence-corrected chi connectivity index (χ3v) is 11.6. The smallest absolute Gasteiger partial charge is 0.0358 e. The molecule has 0 saturated heterocycles. The Morgan fingerprint density at radius 1 is 0.250 bits per heavy atom. The molecule has 2 unspecified atom stereocenters. The van der Waals surface area contributed by atoms with Gasteiger partial charge in [0.1, 0.15) is 0 Å². The molecule has 11 rings (SSSR count). The van der Waals surface area contributed by atoms with Crippen LogP contribution < -0.4 is 0 Å². The Kier molecular flexibility index (Phi) is 6.48. The van der Waals surface area contributed by atoms with Crippen molar-refractivity contribution in [2.24, 2.45) is 0 Å². The molecule has 0 aromatic heterocycles. The first kappa shape index (κ1) is 29.3. The predicted octanol–water partition coefficient (Wildman–Crippen LogP) is 13.6. The lowest BCUT2D eigenvalue weighted by Gasteiger charge is -2.21. The van der Waals surface area contributed by atoms with Gasteiger partial charge in [-0.15, -0.1) is 0 Å². The lowest BCUT2D eigenvalue weighted by Crippen LogP contribution is -2.03. The molecule has 9 aromatic rings. The van der Waals surface area contributed by atoms with E-state index in [2.05, 4.69) is 194 Å². The van der Waals surface area contributed by atoms with E-state index in [1.165, 1.54) is 99.4 Å². The van der Waals surface area contributed by atoms with Crippen LogP contribution in [-0.4, -0.2) is 0 Å². The highest BCUT2D eigenvalue weighted by Gasteiger charge is 2.36. The van der Waals surface area contributed by atoms with Crippen molar-refractivity contribution in [1.82, 2.24) is 0 Å². The van der Waals surface area contributed by atoms with Gasteiger partial charge in [-0.1, -0.05) is 176 Å². The minimum atomic E-state index is 0.132. The largest absolute Gasteiger partial charge is 0.0622 e. The molecule has 0 radical (unpaired) electrons. The zero-order valence-corrected chi connectivity index (χ0v) is 28.6. The van der Waals surface area contributed by atoms with E-state index in [1.54, 1.807) is 0 Å². The second-order valence-corrected chi connectivity index (χ2v) is 14.3. The summed E-state index contributed by atoms with van der Waals surface area (Å²) in [4.78, 5) is 0. The van der Waals surface area contributed by atoms with Crippen molar-refractivity contribution in [2.45, 2.75) is 11.8 Å². The van der Waals surface area contributed by atoms with Gasteiger partial charge in [-0.25, -0.2) is 0 Å². The molecule has 2 aliphatic rings. The molecule has 242 valence electrons. The van der Waals surface area contributed by atoms with Gasteiger partial charge in [0, 0.05) is 11.8 Å². The van der Waals surface area contributed by atoms with Crippen molar-refractivity contribution in [3.63, 3.8) is 0 Å². The van der Waals surface area contributed by atoms with Crippen LogP contribution in [0.2, 0.25) is 0 Å². The molecule has 0 bridgehead atoms. The zero-order valence-electron chi connectivity index (χ0n) is 28.6. The SMILES string of the molecule is c1ccc(-c2cc(-c3ccc(C4c5ccccc5-c5cc6c(cc54)C(c4ccccc4)c4ccccc4-6)c4ccccc34)cc3ccccc23)cc1. The van der Waals surface area contributed by atoms with E-state index in [0.29, 0.717) is 0 Å². The normalized spacial score (nSPS) is 15.3. The molecule has 0 spiro atoms. The standard InChI is InChI=1S/C52H34/c1-3-15-33(16-4-1)46-30-36(29-35-19-7-8-20-37(35)46)38-27-28-45(40-22-10-9-21-39(38)40)52-44-26-14-12-24-42(44)48-31-47-41-23-11-13-25-43(41)51(49(47)32-50(48)52)34-17-5-2-6-18-34/h1-32,51-52H. The van der Waals surface area contributed by atoms with Gasteiger partial charge < -0.3 is 0 Å². The molecule has 9 aromatic carbocycles. The quantitative estimate of drug-likeness (QED) is 0.177. The molecular weight excluding hydrogens is 625 g/mol. The third-order valence-electron chi connectivity index (χ3n) is 11.6. The highest BCUT2D eigenvalue weighted by atomic mass is 14.4. The van der Waals surface area contributed by atoms with Crippen molar-refractivity contribution in [2.75, 3.05) is 0 Å². The minimum absolute atomic E-state index is 0.132. The van der Waals surface area contributed by atoms with Crippen molar-refractivity contribution in [3.05, 3.63) is 228 Å². The van der Waals surface area contributed by atoms with E-state index in [9.17, 15) is 0 Å². The number of benzene rings is 9. The maximum atomic E-state index is 2.56. The molecule has 2 aliphatic carbocycles. The van der Waals surface area contributed by atoms with Crippen LogP contribution in [0.25, 0.3) is 66.1 Å². The maximum absolute atomic E-state index is 2.56. The number of rotatable bonds is 4. The highest BCUT2D eigenvalue weighted by molar-refractivity contribution is 6.05. The molecule has 0 heterocycles. The summed E-state index contributed by atoms with van der Waals surface area (Å²) in [5.41, 5.74) is 18.8. The van der Waals surface area contributed by atoms with Crippen molar-refractivity contribution < 1.29 is 0 Å². The second kappa shape index (κ2) is 11.5. The lowest BCUT2D eigenvalue weighted by molar-refractivity contribution is 0.987. The Morgan fingerprint density at radius 3 is 1.58 bits per heavy atom. The highest BCUT2D eigenvalue weighted by Crippen LogP contribution is 2.56. The van der Waals surface area contributed by atoms with Crippen LogP contribution >= 0.6 is 0 Å². The fourth-order valence-corrected chi connectivity index (χ4v) is 9.39. The first-order valence-corrected chi connectivity index (χ1v) is 18.3. The Bertz CT molecular complexity index is 2840. The minimum Gasteiger partial charge on any atom is -0.0622 e. The topological polar surface area (TPSA) is 0 Å². The van der Waals surface area contributed by atoms with E-state index < -0.39 is 0 Å². The van der Waals surface area contributed by atoms with Crippen LogP contribution in [0.4, 0.5) is 0 Å². The molecule has 52 heavy (non-hydrogen) atoms. The summed E-state index contributed by atoms with van der Waals surface area (Å²) >= 11 is 0. The zero-order chi connectivity index (χ0) is 34.2. The van der Waals surface area contributed by atoms with E-state index in [-0.39, 0.29) is 11.8 Å². The fourth-order valence-electron chi connectivity index (χ4n) is 9.39. The summed E-state index contributed by atoms with van der Waals surface area (Å²) in [6, 6.07) is 72.4. The monoisotopic (exact) mass is 658 g/mol. The van der Waals surface area contributed by atoms with Gasteiger partial charge in [-0.05, 0) is 118 Å². The second-order valence-electron chi connectivity index (χ2n) is 14.3. The number of hydrogen-bond donors (Lipinski definition) is 0. The van der Waals surface area contributed by atoms with Gasteiger partial charge in [0.2, 0.25) is 0 Å². The van der Waals surface area contributed by atoms with Crippen molar-refractivity contribution in [3.8, 4) is 44.5 Å². The summed E-state index contributed by atoms with van der Waals surface area (Å²) in [6.45, 7) is 0. The lowest BCUT2D eigenvalue weighted by atomic mass is 9.82. The van der Waals surface area contributed by atoms with Gasteiger partial charge in [0.15, 0.2) is 0 Å². The summed E-state index contributed by atoms with van der Waals surface area (Å²) < 4.78 is 0. The van der Waals surface area contributed by atoms with Crippen LogP contribution in [0.1, 0.15) is 45.2 Å². The van der Waals surface area contributed by atoms with Crippen molar-refractivity contribution >= 4 is 21.5 Å². The van der Waals surface area contributed by atoms with Crippen LogP contribution in [0.15, 0.2) is 194 Å². The molecular formula is C52H34. The molecule has 0 N–H and O–H groups in total. The van der Waals surface area contributed by atoms with E-state index in [0.717, 1.165) is 0 Å². The van der Waals surface area contributed by atoms with Crippen LogP contribution in [-0.2, 0) is 0 Å². The maximum Gasteiger partial charge on any atom is 0.0358 e. The van der Waals surface area contributed by atoms with E-state index >= 15 is 0 Å². The molecule has 0 amide bonds.